The third-order valence-corrected chi connectivity index (χ3v) is 3.01. The van der Waals surface area contributed by atoms with Crippen LogP contribution in [-0.2, 0) is 6.54 Å². The van der Waals surface area contributed by atoms with Gasteiger partial charge in [-0.3, -0.25) is 4.98 Å². The zero-order chi connectivity index (χ0) is 13.0. The van der Waals surface area contributed by atoms with Crippen molar-refractivity contribution >= 4 is 23.3 Å². The molecule has 3 N–H and O–H groups in total. The van der Waals surface area contributed by atoms with Gasteiger partial charge < -0.3 is 11.1 Å². The Hall–Kier alpha value is -1.82. The molecule has 0 amide bonds. The Morgan fingerprint density at radius 2 is 2.17 bits per heavy atom. The summed E-state index contributed by atoms with van der Waals surface area (Å²) in [5.41, 5.74) is 8.27. The minimum absolute atomic E-state index is 0.587. The first kappa shape index (κ1) is 12.6. The van der Waals surface area contributed by atoms with Crippen molar-refractivity contribution in [2.24, 2.45) is 0 Å². The highest BCUT2D eigenvalue weighted by atomic mass is 32.2. The van der Waals surface area contributed by atoms with E-state index in [9.17, 15) is 0 Å². The lowest BCUT2D eigenvalue weighted by atomic mass is 10.3. The fourth-order valence-electron chi connectivity index (χ4n) is 1.46. The molecular formula is C12H15N5S. The van der Waals surface area contributed by atoms with E-state index in [0.29, 0.717) is 23.2 Å². The number of rotatable bonds is 4. The van der Waals surface area contributed by atoms with Crippen molar-refractivity contribution in [1.82, 2.24) is 15.0 Å². The largest absolute Gasteiger partial charge is 0.394 e. The van der Waals surface area contributed by atoms with Gasteiger partial charge in [0, 0.05) is 6.20 Å². The number of nitrogens with zero attached hydrogens (tertiary/aromatic N) is 3. The summed E-state index contributed by atoms with van der Waals surface area (Å²) in [6, 6.07) is 5.79. The number of nitrogen functional groups attached to an aromatic ring is 1. The Bertz CT molecular complexity index is 529. The first-order valence-electron chi connectivity index (χ1n) is 5.52. The number of pyridine rings is 1. The molecule has 18 heavy (non-hydrogen) atoms. The van der Waals surface area contributed by atoms with E-state index in [1.54, 1.807) is 6.20 Å². The molecule has 0 saturated carbocycles. The topological polar surface area (TPSA) is 76.7 Å². The van der Waals surface area contributed by atoms with Crippen LogP contribution < -0.4 is 11.1 Å². The zero-order valence-electron chi connectivity index (χ0n) is 10.3. The summed E-state index contributed by atoms with van der Waals surface area (Å²) in [6.45, 7) is 2.47. The molecule has 94 valence electrons. The number of aryl methyl sites for hydroxylation is 1. The quantitative estimate of drug-likeness (QED) is 0.648. The molecule has 0 spiro atoms. The summed E-state index contributed by atoms with van der Waals surface area (Å²) in [5.74, 6) is 0.664. The first-order valence-corrected chi connectivity index (χ1v) is 6.75. The standard InChI is InChI=1S/C12H15N5S/c1-8-10(13)11(17-12(16-8)18-2)15-7-9-5-3-4-6-14-9/h3-6H,7,13H2,1-2H3,(H,15,16,17). The number of aromatic nitrogens is 3. The third kappa shape index (κ3) is 2.89. The second-order valence-electron chi connectivity index (χ2n) is 3.73. The molecule has 0 aliphatic carbocycles. The maximum Gasteiger partial charge on any atom is 0.189 e. The van der Waals surface area contributed by atoms with Gasteiger partial charge in [-0.1, -0.05) is 17.8 Å². The van der Waals surface area contributed by atoms with Crippen molar-refractivity contribution in [2.45, 2.75) is 18.6 Å². The van der Waals surface area contributed by atoms with Crippen LogP contribution in [0.5, 0.6) is 0 Å². The van der Waals surface area contributed by atoms with Crippen molar-refractivity contribution in [3.8, 4) is 0 Å². The van der Waals surface area contributed by atoms with E-state index >= 15 is 0 Å². The summed E-state index contributed by atoms with van der Waals surface area (Å²) < 4.78 is 0. The molecule has 0 saturated heterocycles. The fourth-order valence-corrected chi connectivity index (χ4v) is 1.87. The van der Waals surface area contributed by atoms with Crippen LogP contribution in [0, 0.1) is 6.92 Å². The summed E-state index contributed by atoms with van der Waals surface area (Å²) in [4.78, 5) is 12.9. The molecule has 0 radical (unpaired) electrons. The average Bonchev–Trinajstić information content (AvgIpc) is 2.41. The highest BCUT2D eigenvalue weighted by Gasteiger charge is 2.08. The molecular weight excluding hydrogens is 246 g/mol. The lowest BCUT2D eigenvalue weighted by Crippen LogP contribution is -2.08. The maximum absolute atomic E-state index is 5.95. The molecule has 2 rings (SSSR count). The van der Waals surface area contributed by atoms with Crippen molar-refractivity contribution < 1.29 is 0 Å². The van der Waals surface area contributed by atoms with E-state index in [2.05, 4.69) is 20.3 Å². The maximum atomic E-state index is 5.95. The highest BCUT2D eigenvalue weighted by Crippen LogP contribution is 2.22. The Morgan fingerprint density at radius 3 is 2.83 bits per heavy atom. The van der Waals surface area contributed by atoms with Gasteiger partial charge in [-0.25, -0.2) is 9.97 Å². The van der Waals surface area contributed by atoms with Crippen LogP contribution in [0.1, 0.15) is 11.4 Å². The van der Waals surface area contributed by atoms with Crippen LogP contribution >= 0.6 is 11.8 Å². The second kappa shape index (κ2) is 5.68. The van der Waals surface area contributed by atoms with E-state index in [1.165, 1.54) is 11.8 Å². The molecule has 2 aromatic rings. The van der Waals surface area contributed by atoms with Crippen LogP contribution in [-0.4, -0.2) is 21.2 Å². The summed E-state index contributed by atoms with van der Waals surface area (Å²) in [5, 5.41) is 3.91. The predicted molar refractivity (Wildman–Crippen MR) is 74.5 cm³/mol. The number of hydrogen-bond acceptors (Lipinski definition) is 6. The minimum atomic E-state index is 0.587. The highest BCUT2D eigenvalue weighted by molar-refractivity contribution is 7.98. The van der Waals surface area contributed by atoms with Crippen LogP contribution in [0.3, 0.4) is 0 Å². The molecule has 0 aliphatic heterocycles. The number of nitrogens with one attached hydrogen (secondary N) is 1. The second-order valence-corrected chi connectivity index (χ2v) is 4.51. The molecule has 0 unspecified atom stereocenters. The molecule has 0 aromatic carbocycles. The molecule has 0 bridgehead atoms. The molecule has 0 aliphatic rings. The van der Waals surface area contributed by atoms with Gasteiger partial charge in [0.25, 0.3) is 0 Å². The van der Waals surface area contributed by atoms with Crippen LogP contribution in [0.4, 0.5) is 11.5 Å². The number of hydrogen-bond donors (Lipinski definition) is 2. The normalized spacial score (nSPS) is 10.3. The van der Waals surface area contributed by atoms with Crippen LogP contribution in [0.2, 0.25) is 0 Å². The Kier molecular flexibility index (Phi) is 3.99. The van der Waals surface area contributed by atoms with Crippen molar-refractivity contribution in [2.75, 3.05) is 17.3 Å². The van der Waals surface area contributed by atoms with Gasteiger partial charge in [0.15, 0.2) is 11.0 Å². The van der Waals surface area contributed by atoms with Gasteiger partial charge in [-0.05, 0) is 25.3 Å². The van der Waals surface area contributed by atoms with Gasteiger partial charge in [0.1, 0.15) is 0 Å². The Morgan fingerprint density at radius 1 is 1.33 bits per heavy atom. The van der Waals surface area contributed by atoms with Crippen molar-refractivity contribution in [3.05, 3.63) is 35.8 Å². The van der Waals surface area contributed by atoms with Gasteiger partial charge >= 0.3 is 0 Å². The minimum Gasteiger partial charge on any atom is -0.394 e. The van der Waals surface area contributed by atoms with E-state index in [-0.39, 0.29) is 0 Å². The molecule has 5 nitrogen and oxygen atoms in total. The molecule has 2 heterocycles. The molecule has 6 heteroatoms. The summed E-state index contributed by atoms with van der Waals surface area (Å²) >= 11 is 1.49. The van der Waals surface area contributed by atoms with Crippen LogP contribution in [0.25, 0.3) is 0 Å². The van der Waals surface area contributed by atoms with E-state index < -0.39 is 0 Å². The Balaban J connectivity index is 2.16. The first-order chi connectivity index (χ1) is 8.70. The number of anilines is 2. The molecule has 0 fully saturated rings. The fraction of sp³-hybridized carbons (Fsp3) is 0.250. The summed E-state index contributed by atoms with van der Waals surface area (Å²) in [7, 11) is 0. The summed E-state index contributed by atoms with van der Waals surface area (Å²) in [6.07, 6.45) is 3.70. The molecule has 2 aromatic heterocycles. The van der Waals surface area contributed by atoms with Crippen LogP contribution in [0.15, 0.2) is 29.6 Å². The number of thioether (sulfide) groups is 1. The molecule has 0 atom stereocenters. The van der Waals surface area contributed by atoms with Crippen molar-refractivity contribution in [1.29, 1.82) is 0 Å². The smallest absolute Gasteiger partial charge is 0.189 e. The zero-order valence-corrected chi connectivity index (χ0v) is 11.2. The van der Waals surface area contributed by atoms with E-state index in [4.69, 9.17) is 5.73 Å². The van der Waals surface area contributed by atoms with Gasteiger partial charge in [-0.15, -0.1) is 0 Å². The SMILES string of the molecule is CSc1nc(C)c(N)c(NCc2ccccn2)n1. The number of nitrogens with two attached hydrogens (primary N) is 1. The van der Waals surface area contributed by atoms with Gasteiger partial charge in [-0.2, -0.15) is 0 Å². The monoisotopic (exact) mass is 261 g/mol. The third-order valence-electron chi connectivity index (χ3n) is 2.46. The van der Waals surface area contributed by atoms with Crippen molar-refractivity contribution in [3.63, 3.8) is 0 Å². The predicted octanol–water partition coefficient (Wildman–Crippen LogP) is 2.10. The van der Waals surface area contributed by atoms with Gasteiger partial charge in [0.05, 0.1) is 23.6 Å². The van der Waals surface area contributed by atoms with E-state index in [0.717, 1.165) is 11.4 Å². The van der Waals surface area contributed by atoms with Gasteiger partial charge in [0.2, 0.25) is 0 Å². The lowest BCUT2D eigenvalue weighted by Gasteiger charge is -2.10. The Labute approximate surface area is 110 Å². The average molecular weight is 261 g/mol. The lowest BCUT2D eigenvalue weighted by molar-refractivity contribution is 0.924. The van der Waals surface area contributed by atoms with E-state index in [1.807, 2.05) is 31.4 Å².